The largest absolute Gasteiger partial charge is 0.454 e. The van der Waals surface area contributed by atoms with Gasteiger partial charge in [-0.2, -0.15) is 0 Å². The van der Waals surface area contributed by atoms with Gasteiger partial charge >= 0.3 is 0 Å². The number of ether oxygens (including phenoxy) is 4. The lowest BCUT2D eigenvalue weighted by Gasteiger charge is -2.05. The number of amides is 1. The molecule has 0 fully saturated rings. The van der Waals surface area contributed by atoms with Crippen molar-refractivity contribution in [3.8, 4) is 22.8 Å². The summed E-state index contributed by atoms with van der Waals surface area (Å²) in [4.78, 5) is 11.7. The van der Waals surface area contributed by atoms with Gasteiger partial charge in [0.05, 0.1) is 6.61 Å². The molecule has 1 N–H and O–H groups in total. The molecule has 0 saturated carbocycles. The number of carbonyl (C=O) groups excluding carboxylic acids is 1. The van der Waals surface area contributed by atoms with Crippen LogP contribution >= 0.6 is 0 Å². The molecule has 1 amide bonds. The fourth-order valence-corrected chi connectivity index (χ4v) is 2.41. The Morgan fingerprint density at radius 1 is 1.23 bits per heavy atom. The summed E-state index contributed by atoms with van der Waals surface area (Å²) < 4.78 is 26.5. The summed E-state index contributed by atoms with van der Waals surface area (Å²) in [5.74, 6) is 1.82. The number of rotatable bonds is 10. The fourth-order valence-electron chi connectivity index (χ4n) is 2.41. The Morgan fingerprint density at radius 3 is 3.00 bits per heavy atom. The molecule has 8 heteroatoms. The highest BCUT2D eigenvalue weighted by Crippen LogP contribution is 2.36. The van der Waals surface area contributed by atoms with E-state index in [2.05, 4.69) is 10.5 Å². The molecule has 0 atom stereocenters. The molecular weight excluding hydrogens is 340 g/mol. The van der Waals surface area contributed by atoms with E-state index in [9.17, 15) is 4.79 Å². The van der Waals surface area contributed by atoms with Crippen molar-refractivity contribution in [2.75, 3.05) is 33.2 Å². The minimum absolute atomic E-state index is 0.0269. The van der Waals surface area contributed by atoms with Crippen LogP contribution in [0.1, 0.15) is 19.0 Å². The van der Waals surface area contributed by atoms with Crippen molar-refractivity contribution in [2.24, 2.45) is 0 Å². The summed E-state index contributed by atoms with van der Waals surface area (Å²) in [6.07, 6.45) is 0.780. The number of nitrogens with zero attached hydrogens (tertiary/aromatic N) is 1. The number of hydrogen-bond acceptors (Lipinski definition) is 7. The topological polar surface area (TPSA) is 92.1 Å². The van der Waals surface area contributed by atoms with Gasteiger partial charge in [0, 0.05) is 31.4 Å². The standard InChI is InChI=1S/C18H22N2O6/c1-2-22-7-3-6-19-18(21)11-23-10-14-9-16(26-20-14)13-4-5-15-17(8-13)25-12-24-15/h4-5,8-9H,2-3,6-7,10-12H2,1H3,(H,19,21). The molecule has 0 unspecified atom stereocenters. The van der Waals surface area contributed by atoms with Crippen LogP contribution in [0.25, 0.3) is 11.3 Å². The van der Waals surface area contributed by atoms with Gasteiger partial charge in [0.1, 0.15) is 12.3 Å². The van der Waals surface area contributed by atoms with Crippen molar-refractivity contribution in [3.63, 3.8) is 0 Å². The number of benzene rings is 1. The van der Waals surface area contributed by atoms with Crippen LogP contribution in [0.5, 0.6) is 11.5 Å². The molecule has 2 heterocycles. The minimum Gasteiger partial charge on any atom is -0.454 e. The molecule has 1 aromatic carbocycles. The fraction of sp³-hybridized carbons (Fsp3) is 0.444. The highest BCUT2D eigenvalue weighted by molar-refractivity contribution is 5.77. The molecule has 0 saturated heterocycles. The van der Waals surface area contributed by atoms with Gasteiger partial charge in [-0.25, -0.2) is 0 Å². The molecule has 3 rings (SSSR count). The Balaban J connectivity index is 1.41. The summed E-state index contributed by atoms with van der Waals surface area (Å²) in [5, 5.41) is 6.73. The lowest BCUT2D eigenvalue weighted by atomic mass is 10.1. The van der Waals surface area contributed by atoms with Gasteiger partial charge in [-0.1, -0.05) is 5.16 Å². The van der Waals surface area contributed by atoms with E-state index in [1.54, 1.807) is 6.07 Å². The van der Waals surface area contributed by atoms with Crippen LogP contribution in [0.15, 0.2) is 28.8 Å². The molecule has 0 aliphatic carbocycles. The monoisotopic (exact) mass is 362 g/mol. The van der Waals surface area contributed by atoms with Gasteiger partial charge in [0.2, 0.25) is 12.7 Å². The van der Waals surface area contributed by atoms with Gasteiger partial charge in [0.15, 0.2) is 17.3 Å². The van der Waals surface area contributed by atoms with E-state index in [1.165, 1.54) is 0 Å². The third-order valence-corrected chi connectivity index (χ3v) is 3.69. The minimum atomic E-state index is -0.166. The molecule has 1 aliphatic rings. The van der Waals surface area contributed by atoms with Gasteiger partial charge < -0.3 is 28.8 Å². The molecule has 0 bridgehead atoms. The first kappa shape index (κ1) is 18.2. The molecule has 1 aliphatic heterocycles. The number of carbonyl (C=O) groups is 1. The van der Waals surface area contributed by atoms with Crippen LogP contribution in [0.3, 0.4) is 0 Å². The van der Waals surface area contributed by atoms with Crippen molar-refractivity contribution >= 4 is 5.91 Å². The second-order valence-corrected chi connectivity index (χ2v) is 5.64. The maximum absolute atomic E-state index is 11.7. The zero-order chi connectivity index (χ0) is 18.2. The highest BCUT2D eigenvalue weighted by atomic mass is 16.7. The van der Waals surface area contributed by atoms with Gasteiger partial charge in [-0.3, -0.25) is 4.79 Å². The number of aromatic nitrogens is 1. The zero-order valence-electron chi connectivity index (χ0n) is 14.7. The Morgan fingerprint density at radius 2 is 2.12 bits per heavy atom. The quantitative estimate of drug-likeness (QED) is 0.647. The summed E-state index contributed by atoms with van der Waals surface area (Å²) in [7, 11) is 0. The summed E-state index contributed by atoms with van der Waals surface area (Å²) in [6.45, 7) is 4.22. The molecule has 140 valence electrons. The normalized spacial score (nSPS) is 12.3. The van der Waals surface area contributed by atoms with Crippen LogP contribution in [0.2, 0.25) is 0 Å². The van der Waals surface area contributed by atoms with Crippen LogP contribution in [0.4, 0.5) is 0 Å². The van der Waals surface area contributed by atoms with E-state index in [1.807, 2.05) is 25.1 Å². The third kappa shape index (κ3) is 4.96. The molecule has 0 radical (unpaired) electrons. The molecule has 2 aromatic rings. The van der Waals surface area contributed by atoms with E-state index < -0.39 is 0 Å². The summed E-state index contributed by atoms with van der Waals surface area (Å²) in [5.41, 5.74) is 1.45. The summed E-state index contributed by atoms with van der Waals surface area (Å²) in [6, 6.07) is 7.31. The SMILES string of the molecule is CCOCCCNC(=O)COCc1cc(-c2ccc3c(c2)OCO3)on1. The second kappa shape index (κ2) is 9.21. The third-order valence-electron chi connectivity index (χ3n) is 3.69. The van der Waals surface area contributed by atoms with Crippen molar-refractivity contribution in [1.29, 1.82) is 0 Å². The average Bonchev–Trinajstić information content (AvgIpc) is 3.30. The Kier molecular flexibility index (Phi) is 6.45. The van der Waals surface area contributed by atoms with Gasteiger partial charge in [0.25, 0.3) is 0 Å². The van der Waals surface area contributed by atoms with Crippen LogP contribution in [0, 0.1) is 0 Å². The van der Waals surface area contributed by atoms with Crippen molar-refractivity contribution < 1.29 is 28.3 Å². The molecule has 8 nitrogen and oxygen atoms in total. The maximum atomic E-state index is 11.7. The second-order valence-electron chi connectivity index (χ2n) is 5.64. The predicted octanol–water partition coefficient (Wildman–Crippen LogP) is 2.13. The van der Waals surface area contributed by atoms with Crippen molar-refractivity contribution in [1.82, 2.24) is 10.5 Å². The lowest BCUT2D eigenvalue weighted by molar-refractivity contribution is -0.126. The first-order valence-electron chi connectivity index (χ1n) is 8.54. The molecular formula is C18H22N2O6. The van der Waals surface area contributed by atoms with Gasteiger partial charge in [-0.05, 0) is 31.5 Å². The average molecular weight is 362 g/mol. The molecule has 0 spiro atoms. The number of nitrogens with one attached hydrogen (secondary N) is 1. The summed E-state index contributed by atoms with van der Waals surface area (Å²) >= 11 is 0. The molecule has 1 aromatic heterocycles. The van der Waals surface area contributed by atoms with E-state index >= 15 is 0 Å². The zero-order valence-corrected chi connectivity index (χ0v) is 14.7. The van der Waals surface area contributed by atoms with E-state index in [0.29, 0.717) is 42.7 Å². The van der Waals surface area contributed by atoms with E-state index in [4.69, 9.17) is 23.5 Å². The number of fused-ring (bicyclic) bond motifs is 1. The van der Waals surface area contributed by atoms with Crippen molar-refractivity contribution in [2.45, 2.75) is 20.0 Å². The first-order valence-corrected chi connectivity index (χ1v) is 8.54. The maximum Gasteiger partial charge on any atom is 0.246 e. The Hall–Kier alpha value is -2.58. The Bertz CT molecular complexity index is 730. The van der Waals surface area contributed by atoms with Crippen molar-refractivity contribution in [3.05, 3.63) is 30.0 Å². The highest BCUT2D eigenvalue weighted by Gasteiger charge is 2.16. The lowest BCUT2D eigenvalue weighted by Crippen LogP contribution is -2.29. The van der Waals surface area contributed by atoms with E-state index in [0.717, 1.165) is 12.0 Å². The van der Waals surface area contributed by atoms with Crippen LogP contribution < -0.4 is 14.8 Å². The number of hydrogen-bond donors (Lipinski definition) is 1. The molecule has 26 heavy (non-hydrogen) atoms. The van der Waals surface area contributed by atoms with Crippen LogP contribution in [-0.2, 0) is 20.9 Å². The predicted molar refractivity (Wildman–Crippen MR) is 91.8 cm³/mol. The first-order chi connectivity index (χ1) is 12.8. The van der Waals surface area contributed by atoms with Crippen LogP contribution in [-0.4, -0.2) is 44.2 Å². The smallest absolute Gasteiger partial charge is 0.246 e. The van der Waals surface area contributed by atoms with Gasteiger partial charge in [-0.15, -0.1) is 0 Å². The Labute approximate surface area is 151 Å². The van der Waals surface area contributed by atoms with E-state index in [-0.39, 0.29) is 25.9 Å².